The van der Waals surface area contributed by atoms with Gasteiger partial charge in [-0.15, -0.1) is 0 Å². The first kappa shape index (κ1) is 14.8. The van der Waals surface area contributed by atoms with Crippen molar-refractivity contribution in [1.29, 1.82) is 0 Å². The van der Waals surface area contributed by atoms with Gasteiger partial charge in [0.25, 0.3) is 0 Å². The molecule has 0 spiro atoms. The lowest BCUT2D eigenvalue weighted by Crippen LogP contribution is -2.14. The second-order valence-corrected chi connectivity index (χ2v) is 6.93. The molecule has 2 nitrogen and oxygen atoms in total. The maximum Gasteiger partial charge on any atom is 0.161 e. The second-order valence-electron chi connectivity index (χ2n) is 5.28. The van der Waals surface area contributed by atoms with Crippen LogP contribution in [0.5, 0.6) is 0 Å². The molecule has 2 rings (SSSR count). The third kappa shape index (κ3) is 3.47. The summed E-state index contributed by atoms with van der Waals surface area (Å²) in [7, 11) is 0. The van der Waals surface area contributed by atoms with Gasteiger partial charge in [-0.2, -0.15) is 0 Å². The quantitative estimate of drug-likeness (QED) is 0.627. The number of hydrogen-bond donors (Lipinski definition) is 0. The summed E-state index contributed by atoms with van der Waals surface area (Å²) < 4.78 is 0.844. The molecule has 0 unspecified atom stereocenters. The first-order valence-corrected chi connectivity index (χ1v) is 7.33. The van der Waals surface area contributed by atoms with Gasteiger partial charge in [0.1, 0.15) is 5.15 Å². The fourth-order valence-electron chi connectivity index (χ4n) is 1.57. The largest absolute Gasteiger partial charge is 0.232 e. The van der Waals surface area contributed by atoms with Crippen LogP contribution in [0.2, 0.25) is 10.2 Å². The molecule has 0 amide bonds. The van der Waals surface area contributed by atoms with Gasteiger partial charge < -0.3 is 0 Å². The van der Waals surface area contributed by atoms with Gasteiger partial charge in [-0.25, -0.2) is 9.97 Å². The van der Waals surface area contributed by atoms with E-state index in [1.54, 1.807) is 6.07 Å². The zero-order valence-corrected chi connectivity index (χ0v) is 13.9. The van der Waals surface area contributed by atoms with Crippen LogP contribution < -0.4 is 0 Å². The van der Waals surface area contributed by atoms with Crippen molar-refractivity contribution in [2.45, 2.75) is 26.2 Å². The molecule has 0 atom stereocenters. The molecular weight excluding hydrogens is 347 g/mol. The number of halogens is 3. The summed E-state index contributed by atoms with van der Waals surface area (Å²) in [6.07, 6.45) is 0. The molecule has 19 heavy (non-hydrogen) atoms. The molecule has 0 saturated heterocycles. The molecule has 0 bridgehead atoms. The summed E-state index contributed by atoms with van der Waals surface area (Å²) in [4.78, 5) is 8.85. The van der Waals surface area contributed by atoms with Crippen molar-refractivity contribution in [1.82, 2.24) is 9.97 Å². The van der Waals surface area contributed by atoms with Crippen molar-refractivity contribution in [2.75, 3.05) is 0 Å². The normalized spacial score (nSPS) is 11.7. The van der Waals surface area contributed by atoms with Crippen LogP contribution in [0.15, 0.2) is 28.7 Å². The van der Waals surface area contributed by atoms with E-state index < -0.39 is 0 Å². The summed E-state index contributed by atoms with van der Waals surface area (Å²) in [5, 5.41) is 1.06. The van der Waals surface area contributed by atoms with Gasteiger partial charge in [0.05, 0.1) is 10.7 Å². The van der Waals surface area contributed by atoms with E-state index in [9.17, 15) is 0 Å². The predicted octanol–water partition coefficient (Wildman–Crippen LogP) is 5.51. The highest BCUT2D eigenvalue weighted by atomic mass is 79.9. The minimum atomic E-state index is -0.0828. The molecule has 0 fully saturated rings. The second kappa shape index (κ2) is 5.39. The maximum atomic E-state index is 6.10. The number of benzene rings is 1. The lowest BCUT2D eigenvalue weighted by Gasteiger charge is -2.18. The van der Waals surface area contributed by atoms with Crippen LogP contribution in [0.3, 0.4) is 0 Å². The van der Waals surface area contributed by atoms with Crippen molar-refractivity contribution in [2.24, 2.45) is 0 Å². The zero-order chi connectivity index (χ0) is 14.2. The highest BCUT2D eigenvalue weighted by Gasteiger charge is 2.18. The lowest BCUT2D eigenvalue weighted by atomic mass is 9.92. The highest BCUT2D eigenvalue weighted by Crippen LogP contribution is 2.29. The average Bonchev–Trinajstić information content (AvgIpc) is 2.31. The summed E-state index contributed by atoms with van der Waals surface area (Å²) in [5.41, 5.74) is 1.67. The molecule has 0 aliphatic rings. The standard InChI is InChI=1S/C14H13BrCl2N2/c1-14(2,3)11-7-12(17)19-13(18-11)8-4-5-9(15)10(16)6-8/h4-7H,1-3H3. The Morgan fingerprint density at radius 1 is 1.05 bits per heavy atom. The van der Waals surface area contributed by atoms with Crippen LogP contribution >= 0.6 is 39.1 Å². The Morgan fingerprint density at radius 2 is 1.74 bits per heavy atom. The van der Waals surface area contributed by atoms with Gasteiger partial charge >= 0.3 is 0 Å². The van der Waals surface area contributed by atoms with Crippen molar-refractivity contribution in [3.8, 4) is 11.4 Å². The average molecular weight is 360 g/mol. The first-order chi connectivity index (χ1) is 8.77. The summed E-state index contributed by atoms with van der Waals surface area (Å²) in [5.74, 6) is 0.590. The van der Waals surface area contributed by atoms with Crippen LogP contribution in [0, 0.1) is 0 Å². The van der Waals surface area contributed by atoms with Gasteiger partial charge in [-0.3, -0.25) is 0 Å². The van der Waals surface area contributed by atoms with Gasteiger partial charge in [0, 0.05) is 15.5 Å². The van der Waals surface area contributed by atoms with Crippen molar-refractivity contribution in [3.05, 3.63) is 44.6 Å². The van der Waals surface area contributed by atoms with Crippen LogP contribution in [-0.4, -0.2) is 9.97 Å². The first-order valence-electron chi connectivity index (χ1n) is 5.78. The number of nitrogens with zero attached hydrogens (tertiary/aromatic N) is 2. The van der Waals surface area contributed by atoms with E-state index in [4.69, 9.17) is 23.2 Å². The van der Waals surface area contributed by atoms with Crippen molar-refractivity contribution in [3.63, 3.8) is 0 Å². The molecule has 0 N–H and O–H groups in total. The number of rotatable bonds is 1. The Labute approximate surface area is 131 Å². The van der Waals surface area contributed by atoms with Crippen LogP contribution in [0.25, 0.3) is 11.4 Å². The number of hydrogen-bond acceptors (Lipinski definition) is 2. The van der Waals surface area contributed by atoms with Crippen molar-refractivity contribution >= 4 is 39.1 Å². The van der Waals surface area contributed by atoms with Gasteiger partial charge in [0.15, 0.2) is 5.82 Å². The molecule has 1 aromatic carbocycles. The molecule has 5 heteroatoms. The summed E-state index contributed by atoms with van der Waals surface area (Å²) >= 11 is 15.5. The van der Waals surface area contributed by atoms with Gasteiger partial charge in [0.2, 0.25) is 0 Å². The minimum absolute atomic E-state index is 0.0828. The predicted molar refractivity (Wildman–Crippen MR) is 83.9 cm³/mol. The SMILES string of the molecule is CC(C)(C)c1cc(Cl)nc(-c2ccc(Br)c(Cl)c2)n1. The maximum absolute atomic E-state index is 6.10. The molecule has 2 aromatic rings. The monoisotopic (exact) mass is 358 g/mol. The zero-order valence-electron chi connectivity index (χ0n) is 10.8. The van der Waals surface area contributed by atoms with Crippen LogP contribution in [0.1, 0.15) is 26.5 Å². The molecule has 0 aliphatic carbocycles. The third-order valence-electron chi connectivity index (χ3n) is 2.64. The molecular formula is C14H13BrCl2N2. The smallest absolute Gasteiger partial charge is 0.161 e. The summed E-state index contributed by atoms with van der Waals surface area (Å²) in [6.45, 7) is 6.26. The Hall–Kier alpha value is -0.640. The van der Waals surface area contributed by atoms with Gasteiger partial charge in [-0.05, 0) is 40.2 Å². The van der Waals surface area contributed by atoms with E-state index in [-0.39, 0.29) is 5.41 Å². The molecule has 100 valence electrons. The van der Waals surface area contributed by atoms with Gasteiger partial charge in [-0.1, -0.05) is 44.0 Å². The van der Waals surface area contributed by atoms with Crippen LogP contribution in [-0.2, 0) is 5.41 Å². The lowest BCUT2D eigenvalue weighted by molar-refractivity contribution is 0.568. The number of aromatic nitrogens is 2. The van der Waals surface area contributed by atoms with E-state index >= 15 is 0 Å². The molecule has 0 radical (unpaired) electrons. The molecule has 1 heterocycles. The van der Waals surface area contributed by atoms with Crippen molar-refractivity contribution < 1.29 is 0 Å². The fraction of sp³-hybridized carbons (Fsp3) is 0.286. The Morgan fingerprint density at radius 3 is 2.32 bits per heavy atom. The van der Waals surface area contributed by atoms with Crippen LogP contribution in [0.4, 0.5) is 0 Å². The van der Waals surface area contributed by atoms with E-state index in [0.717, 1.165) is 15.7 Å². The third-order valence-corrected chi connectivity index (χ3v) is 4.07. The fourth-order valence-corrected chi connectivity index (χ4v) is 2.18. The Bertz CT molecular complexity index is 621. The van der Waals surface area contributed by atoms with E-state index in [0.29, 0.717) is 16.0 Å². The summed E-state index contributed by atoms with van der Waals surface area (Å²) in [6, 6.07) is 7.40. The van der Waals surface area contributed by atoms with E-state index in [1.165, 1.54) is 0 Å². The molecule has 0 saturated carbocycles. The van der Waals surface area contributed by atoms with E-state index in [2.05, 4.69) is 46.7 Å². The molecule has 1 aromatic heterocycles. The Balaban J connectivity index is 2.56. The highest BCUT2D eigenvalue weighted by molar-refractivity contribution is 9.10. The Kier molecular flexibility index (Phi) is 4.19. The minimum Gasteiger partial charge on any atom is -0.232 e. The molecule has 0 aliphatic heterocycles. The van der Waals surface area contributed by atoms with E-state index in [1.807, 2.05) is 18.2 Å². The topological polar surface area (TPSA) is 25.8 Å².